The zero-order chi connectivity index (χ0) is 15.3. The highest BCUT2D eigenvalue weighted by Gasteiger charge is 2.35. The molecule has 0 aliphatic heterocycles. The first-order chi connectivity index (χ1) is 8.60. The fourth-order valence-corrected chi connectivity index (χ4v) is 1.96. The zero-order valence-corrected chi connectivity index (χ0v) is 12.1. The summed E-state index contributed by atoms with van der Waals surface area (Å²) in [6, 6.07) is 0. The summed E-state index contributed by atoms with van der Waals surface area (Å²) in [6.07, 6.45) is -0.590. The number of halogens is 3. The Morgan fingerprint density at radius 2 is 1.68 bits per heavy atom. The Morgan fingerprint density at radius 1 is 1.16 bits per heavy atom. The van der Waals surface area contributed by atoms with E-state index in [-0.39, 0.29) is 0 Å². The maximum Gasteiger partial charge on any atom is 0.433 e. The van der Waals surface area contributed by atoms with Crippen molar-refractivity contribution < 1.29 is 13.2 Å². The molecular formula is C15H22F3N. The van der Waals surface area contributed by atoms with Crippen LogP contribution in [0.25, 0.3) is 0 Å². The van der Waals surface area contributed by atoms with E-state index in [1.165, 1.54) is 6.08 Å². The van der Waals surface area contributed by atoms with Gasteiger partial charge in [0.05, 0.1) is 0 Å². The third-order valence-electron chi connectivity index (χ3n) is 2.91. The number of hydrogen-bond acceptors (Lipinski definition) is 1. The first kappa shape index (κ1) is 17.7. The number of allylic oxidation sites excluding steroid dienone is 4. The molecule has 108 valence electrons. The first-order valence-electron chi connectivity index (χ1n) is 6.22. The van der Waals surface area contributed by atoms with E-state index in [1.54, 1.807) is 6.92 Å². The third kappa shape index (κ3) is 5.05. The van der Waals surface area contributed by atoms with Crippen molar-refractivity contribution in [1.82, 2.24) is 0 Å². The van der Waals surface area contributed by atoms with Crippen molar-refractivity contribution >= 4 is 5.71 Å². The lowest BCUT2D eigenvalue weighted by Gasteiger charge is -2.27. The lowest BCUT2D eigenvalue weighted by molar-refractivity contribution is -0.0577. The first-order valence-corrected chi connectivity index (χ1v) is 6.22. The van der Waals surface area contributed by atoms with Crippen LogP contribution in [-0.4, -0.2) is 11.9 Å². The van der Waals surface area contributed by atoms with Gasteiger partial charge in [0.1, 0.15) is 5.71 Å². The normalized spacial score (nSPS) is 15.0. The van der Waals surface area contributed by atoms with E-state index >= 15 is 0 Å². The molecule has 0 aliphatic rings. The van der Waals surface area contributed by atoms with Gasteiger partial charge < -0.3 is 0 Å². The van der Waals surface area contributed by atoms with E-state index in [1.807, 2.05) is 20.8 Å². The second-order valence-corrected chi connectivity index (χ2v) is 5.07. The molecule has 0 aromatic heterocycles. The van der Waals surface area contributed by atoms with E-state index in [0.29, 0.717) is 11.3 Å². The van der Waals surface area contributed by atoms with E-state index < -0.39 is 17.3 Å². The Labute approximate surface area is 113 Å². The van der Waals surface area contributed by atoms with Gasteiger partial charge in [0.15, 0.2) is 0 Å². The third-order valence-corrected chi connectivity index (χ3v) is 2.91. The molecule has 0 atom stereocenters. The molecule has 0 aromatic rings. The van der Waals surface area contributed by atoms with Gasteiger partial charge in [-0.2, -0.15) is 13.2 Å². The van der Waals surface area contributed by atoms with Gasteiger partial charge in [-0.1, -0.05) is 46.4 Å². The molecule has 0 N–H and O–H groups in total. The molecule has 0 aromatic carbocycles. The summed E-state index contributed by atoms with van der Waals surface area (Å²) in [5, 5.41) is 0. The Morgan fingerprint density at radius 3 is 2.00 bits per heavy atom. The molecule has 0 heterocycles. The van der Waals surface area contributed by atoms with Crippen molar-refractivity contribution in [1.29, 1.82) is 0 Å². The summed E-state index contributed by atoms with van der Waals surface area (Å²) in [6.45, 7) is 14.3. The van der Waals surface area contributed by atoms with Gasteiger partial charge in [-0.25, -0.2) is 4.99 Å². The molecule has 0 amide bonds. The molecule has 0 saturated heterocycles. The molecule has 1 nitrogen and oxygen atoms in total. The van der Waals surface area contributed by atoms with E-state index in [9.17, 15) is 13.2 Å². The van der Waals surface area contributed by atoms with E-state index in [4.69, 9.17) is 0 Å². The maximum atomic E-state index is 12.8. The summed E-state index contributed by atoms with van der Waals surface area (Å²) in [4.78, 5) is 3.81. The molecule has 0 fully saturated rings. The lowest BCUT2D eigenvalue weighted by Crippen LogP contribution is -2.23. The van der Waals surface area contributed by atoms with E-state index in [0.717, 1.165) is 18.9 Å². The van der Waals surface area contributed by atoms with Crippen molar-refractivity contribution in [3.63, 3.8) is 0 Å². The van der Waals surface area contributed by atoms with Crippen molar-refractivity contribution in [2.75, 3.05) is 0 Å². The Balaban J connectivity index is 5.88. The Kier molecular flexibility index (Phi) is 6.27. The molecule has 0 bridgehead atoms. The van der Waals surface area contributed by atoms with E-state index in [2.05, 4.69) is 18.2 Å². The quantitative estimate of drug-likeness (QED) is 0.450. The minimum Gasteiger partial charge on any atom is -0.248 e. The molecule has 0 spiro atoms. The molecule has 0 radical (unpaired) electrons. The summed E-state index contributed by atoms with van der Waals surface area (Å²) < 4.78 is 38.3. The average molecular weight is 273 g/mol. The van der Waals surface area contributed by atoms with Gasteiger partial charge in [-0.05, 0) is 25.0 Å². The Bertz CT molecular complexity index is 398. The summed E-state index contributed by atoms with van der Waals surface area (Å²) >= 11 is 0. The monoisotopic (exact) mass is 273 g/mol. The fraction of sp³-hybridized carbons (Fsp3) is 0.533. The number of alkyl halides is 3. The van der Waals surface area contributed by atoms with Crippen LogP contribution in [0, 0.1) is 5.41 Å². The number of rotatable bonds is 6. The summed E-state index contributed by atoms with van der Waals surface area (Å²) in [5.74, 6) is 0. The van der Waals surface area contributed by atoms with Crippen LogP contribution in [0.2, 0.25) is 0 Å². The number of nitrogens with zero attached hydrogens (tertiary/aromatic N) is 1. The highest BCUT2D eigenvalue weighted by atomic mass is 19.4. The Hall–Kier alpha value is -1.32. The molecule has 0 saturated carbocycles. The van der Waals surface area contributed by atoms with Gasteiger partial charge in [0, 0.05) is 11.1 Å². The number of aliphatic imine (C=N–C) groups is 1. The fourth-order valence-electron chi connectivity index (χ4n) is 1.96. The van der Waals surface area contributed by atoms with Gasteiger partial charge in [0.25, 0.3) is 0 Å². The topological polar surface area (TPSA) is 12.4 Å². The van der Waals surface area contributed by atoms with Gasteiger partial charge in [0.2, 0.25) is 0 Å². The van der Waals surface area contributed by atoms with Gasteiger partial charge in [-0.15, -0.1) is 0 Å². The summed E-state index contributed by atoms with van der Waals surface area (Å²) in [5.41, 5.74) is -0.335. The van der Waals surface area contributed by atoms with Crippen LogP contribution < -0.4 is 0 Å². The molecule has 0 unspecified atom stereocenters. The molecule has 0 aliphatic carbocycles. The van der Waals surface area contributed by atoms with Gasteiger partial charge in [-0.3, -0.25) is 0 Å². The van der Waals surface area contributed by atoms with Crippen molar-refractivity contribution in [2.45, 2.75) is 46.7 Å². The minimum absolute atomic E-state index is 0.413. The SMILES string of the molecule is C=CC(=N/C(=C(/C)C=C)C(C)(C)CCC)C(F)(F)F. The van der Waals surface area contributed by atoms with Crippen molar-refractivity contribution in [2.24, 2.45) is 10.4 Å². The van der Waals surface area contributed by atoms with Crippen LogP contribution in [0.5, 0.6) is 0 Å². The highest BCUT2D eigenvalue weighted by molar-refractivity contribution is 5.99. The predicted octanol–water partition coefficient (Wildman–Crippen LogP) is 5.46. The summed E-state index contributed by atoms with van der Waals surface area (Å²) in [7, 11) is 0. The maximum absolute atomic E-state index is 12.8. The molecule has 0 rings (SSSR count). The second-order valence-electron chi connectivity index (χ2n) is 5.07. The molecular weight excluding hydrogens is 251 g/mol. The van der Waals surface area contributed by atoms with Crippen LogP contribution in [-0.2, 0) is 0 Å². The van der Waals surface area contributed by atoms with Crippen LogP contribution >= 0.6 is 0 Å². The molecule has 19 heavy (non-hydrogen) atoms. The van der Waals surface area contributed by atoms with Crippen LogP contribution in [0.3, 0.4) is 0 Å². The van der Waals surface area contributed by atoms with Crippen LogP contribution in [0.1, 0.15) is 40.5 Å². The van der Waals surface area contributed by atoms with Crippen LogP contribution in [0.15, 0.2) is 41.6 Å². The molecule has 4 heteroatoms. The smallest absolute Gasteiger partial charge is 0.248 e. The van der Waals surface area contributed by atoms with Gasteiger partial charge >= 0.3 is 6.18 Å². The lowest BCUT2D eigenvalue weighted by atomic mass is 9.82. The van der Waals surface area contributed by atoms with Crippen LogP contribution in [0.4, 0.5) is 13.2 Å². The van der Waals surface area contributed by atoms with Crippen molar-refractivity contribution in [3.8, 4) is 0 Å². The standard InChI is InChI=1S/C15H22F3N/c1-7-10-14(5,6)13(11(4)8-2)19-12(9-3)15(16,17)18/h8-9H,2-3,7,10H2,1,4-6H3/b13-11-,19-12?. The zero-order valence-electron chi connectivity index (χ0n) is 12.1. The largest absolute Gasteiger partial charge is 0.433 e. The average Bonchev–Trinajstić information content (AvgIpc) is 2.27. The predicted molar refractivity (Wildman–Crippen MR) is 75.3 cm³/mol. The van der Waals surface area contributed by atoms with Crippen molar-refractivity contribution in [3.05, 3.63) is 36.6 Å². The highest BCUT2D eigenvalue weighted by Crippen LogP contribution is 2.36. The number of hydrogen-bond donors (Lipinski definition) is 0. The second kappa shape index (κ2) is 6.73. The minimum atomic E-state index is -4.49.